The molecule has 0 aliphatic carbocycles. The van der Waals surface area contributed by atoms with Crippen LogP contribution in [0.3, 0.4) is 0 Å². The Kier molecular flexibility index (Phi) is 3.70. The molecule has 8 heteroatoms. The summed E-state index contributed by atoms with van der Waals surface area (Å²) in [5, 5.41) is 8.87. The number of aromatic nitrogens is 1. The lowest BCUT2D eigenvalue weighted by atomic mass is 10.0. The number of carbonyl (C=O) groups is 1. The first-order valence-electron chi connectivity index (χ1n) is 5.59. The number of aromatic amines is 1. The van der Waals surface area contributed by atoms with Gasteiger partial charge in [0.25, 0.3) is 5.56 Å². The minimum Gasteiger partial charge on any atom is -0.478 e. The summed E-state index contributed by atoms with van der Waals surface area (Å²) in [5.74, 6) is -1.90. The number of hydrogen-bond acceptors (Lipinski definition) is 3. The molecule has 0 saturated carbocycles. The van der Waals surface area contributed by atoms with E-state index in [1.54, 1.807) is 0 Å². The van der Waals surface area contributed by atoms with Crippen LogP contribution >= 0.6 is 0 Å². The van der Waals surface area contributed by atoms with Crippen molar-refractivity contribution in [2.75, 3.05) is 0 Å². The number of alkyl halides is 3. The zero-order chi connectivity index (χ0) is 15.6. The number of benzene rings is 1. The molecule has 110 valence electrons. The Bertz CT molecular complexity index is 737. The van der Waals surface area contributed by atoms with Crippen LogP contribution in [0, 0.1) is 0 Å². The van der Waals surface area contributed by atoms with Crippen LogP contribution in [0.2, 0.25) is 0 Å². The van der Waals surface area contributed by atoms with Crippen LogP contribution in [0.15, 0.2) is 41.3 Å². The smallest absolute Gasteiger partial charge is 0.478 e. The van der Waals surface area contributed by atoms with Crippen molar-refractivity contribution >= 4 is 5.97 Å². The van der Waals surface area contributed by atoms with Crippen LogP contribution < -0.4 is 10.3 Å². The van der Waals surface area contributed by atoms with Crippen LogP contribution in [0.4, 0.5) is 13.2 Å². The monoisotopic (exact) mass is 299 g/mol. The summed E-state index contributed by atoms with van der Waals surface area (Å²) >= 11 is 0. The fourth-order valence-electron chi connectivity index (χ4n) is 1.71. The van der Waals surface area contributed by atoms with E-state index in [1.807, 2.05) is 0 Å². The van der Waals surface area contributed by atoms with Gasteiger partial charge in [-0.05, 0) is 12.1 Å². The lowest BCUT2D eigenvalue weighted by molar-refractivity contribution is -0.274. The molecule has 1 aromatic heterocycles. The molecule has 21 heavy (non-hydrogen) atoms. The first kappa shape index (κ1) is 14.6. The molecule has 0 aliphatic rings. The number of pyridine rings is 1. The summed E-state index contributed by atoms with van der Waals surface area (Å²) in [7, 11) is 0. The maximum atomic E-state index is 12.3. The van der Waals surface area contributed by atoms with Gasteiger partial charge in [-0.15, -0.1) is 13.2 Å². The quantitative estimate of drug-likeness (QED) is 0.913. The van der Waals surface area contributed by atoms with Crippen LogP contribution in [-0.4, -0.2) is 22.4 Å². The second-order valence-electron chi connectivity index (χ2n) is 3.98. The van der Waals surface area contributed by atoms with Gasteiger partial charge in [-0.3, -0.25) is 4.79 Å². The van der Waals surface area contributed by atoms with E-state index in [-0.39, 0.29) is 16.7 Å². The highest BCUT2D eigenvalue weighted by atomic mass is 19.4. The fraction of sp³-hybridized carbons (Fsp3) is 0.0769. The van der Waals surface area contributed by atoms with Crippen LogP contribution in [0.5, 0.6) is 5.75 Å². The van der Waals surface area contributed by atoms with E-state index in [0.717, 1.165) is 18.3 Å². The SMILES string of the molecule is O=C(O)c1c[nH]c(=O)c(-c2ccccc2OC(F)(F)F)c1. The van der Waals surface area contributed by atoms with E-state index in [1.165, 1.54) is 18.2 Å². The van der Waals surface area contributed by atoms with Crippen molar-refractivity contribution in [3.63, 3.8) is 0 Å². The largest absolute Gasteiger partial charge is 0.573 e. The lowest BCUT2D eigenvalue weighted by Gasteiger charge is -2.13. The molecular weight excluding hydrogens is 291 g/mol. The van der Waals surface area contributed by atoms with Gasteiger partial charge >= 0.3 is 12.3 Å². The summed E-state index contributed by atoms with van der Waals surface area (Å²) in [4.78, 5) is 24.8. The van der Waals surface area contributed by atoms with Crippen LogP contribution in [0.25, 0.3) is 11.1 Å². The zero-order valence-electron chi connectivity index (χ0n) is 10.3. The van der Waals surface area contributed by atoms with Gasteiger partial charge in [-0.2, -0.15) is 0 Å². The van der Waals surface area contributed by atoms with Crippen LogP contribution in [-0.2, 0) is 0 Å². The van der Waals surface area contributed by atoms with Crippen molar-refractivity contribution in [3.05, 3.63) is 52.4 Å². The molecule has 5 nitrogen and oxygen atoms in total. The third-order valence-electron chi connectivity index (χ3n) is 2.55. The molecule has 0 amide bonds. The standard InChI is InChI=1S/C13H8F3NO4/c14-13(15,16)21-10-4-2-1-3-8(10)9-5-7(12(19)20)6-17-11(9)18/h1-6H,(H,17,18)(H,19,20). The number of hydrogen-bond donors (Lipinski definition) is 2. The Hall–Kier alpha value is -2.77. The number of aromatic carboxylic acids is 1. The number of nitrogens with one attached hydrogen (secondary N) is 1. The van der Waals surface area contributed by atoms with Crippen molar-refractivity contribution < 1.29 is 27.8 Å². The molecule has 2 N–H and O–H groups in total. The lowest BCUT2D eigenvalue weighted by Crippen LogP contribution is -2.18. The highest BCUT2D eigenvalue weighted by Gasteiger charge is 2.32. The molecule has 2 rings (SSSR count). The summed E-state index contributed by atoms with van der Waals surface area (Å²) in [6, 6.07) is 5.97. The van der Waals surface area contributed by atoms with Crippen LogP contribution in [0.1, 0.15) is 10.4 Å². The van der Waals surface area contributed by atoms with Gasteiger partial charge in [0.05, 0.1) is 11.1 Å². The summed E-state index contributed by atoms with van der Waals surface area (Å²) < 4.78 is 40.9. The van der Waals surface area contributed by atoms with Gasteiger partial charge in [0.1, 0.15) is 5.75 Å². The third kappa shape index (κ3) is 3.41. The first-order chi connectivity index (χ1) is 9.78. The molecule has 0 unspecified atom stereocenters. The number of halogens is 3. The molecule has 0 fully saturated rings. The molecule has 1 aromatic carbocycles. The molecule has 0 radical (unpaired) electrons. The molecular formula is C13H8F3NO4. The van der Waals surface area contributed by atoms with Gasteiger partial charge in [0.15, 0.2) is 0 Å². The number of ether oxygens (including phenoxy) is 1. The molecule has 0 aliphatic heterocycles. The maximum Gasteiger partial charge on any atom is 0.573 e. The normalized spacial score (nSPS) is 11.2. The second-order valence-corrected chi connectivity index (χ2v) is 3.98. The Morgan fingerprint density at radius 1 is 1.19 bits per heavy atom. The maximum absolute atomic E-state index is 12.3. The highest BCUT2D eigenvalue weighted by molar-refractivity contribution is 5.89. The fourth-order valence-corrected chi connectivity index (χ4v) is 1.71. The Morgan fingerprint density at radius 3 is 2.48 bits per heavy atom. The van der Waals surface area contributed by atoms with E-state index in [0.29, 0.717) is 0 Å². The molecule has 1 heterocycles. The highest BCUT2D eigenvalue weighted by Crippen LogP contribution is 2.32. The van der Waals surface area contributed by atoms with E-state index in [2.05, 4.69) is 9.72 Å². The van der Waals surface area contributed by atoms with Crippen molar-refractivity contribution in [2.24, 2.45) is 0 Å². The first-order valence-corrected chi connectivity index (χ1v) is 5.59. The van der Waals surface area contributed by atoms with Crippen molar-refractivity contribution in [1.82, 2.24) is 4.98 Å². The average Bonchev–Trinajstić information content (AvgIpc) is 2.38. The van der Waals surface area contributed by atoms with Crippen molar-refractivity contribution in [3.8, 4) is 16.9 Å². The second kappa shape index (κ2) is 5.31. The predicted octanol–water partition coefficient (Wildman–Crippen LogP) is 2.64. The van der Waals surface area contributed by atoms with Crippen molar-refractivity contribution in [1.29, 1.82) is 0 Å². The number of carboxylic acids is 1. The van der Waals surface area contributed by atoms with E-state index < -0.39 is 23.6 Å². The number of para-hydroxylation sites is 1. The van der Waals surface area contributed by atoms with E-state index in [4.69, 9.17) is 5.11 Å². The van der Waals surface area contributed by atoms with Gasteiger partial charge in [0.2, 0.25) is 0 Å². The minimum atomic E-state index is -4.92. The minimum absolute atomic E-state index is 0.154. The number of H-pyrrole nitrogens is 1. The van der Waals surface area contributed by atoms with Gasteiger partial charge in [-0.25, -0.2) is 4.79 Å². The summed E-state index contributed by atoms with van der Waals surface area (Å²) in [6.07, 6.45) is -3.96. The van der Waals surface area contributed by atoms with E-state index in [9.17, 15) is 22.8 Å². The molecule has 2 aromatic rings. The molecule has 0 saturated heterocycles. The topological polar surface area (TPSA) is 79.4 Å². The summed E-state index contributed by atoms with van der Waals surface area (Å²) in [5.41, 5.74) is -1.36. The average molecular weight is 299 g/mol. The number of carboxylic acid groups (broad SMARTS) is 1. The van der Waals surface area contributed by atoms with E-state index >= 15 is 0 Å². The third-order valence-corrected chi connectivity index (χ3v) is 2.55. The van der Waals surface area contributed by atoms with Gasteiger partial charge < -0.3 is 14.8 Å². The number of rotatable bonds is 3. The Balaban J connectivity index is 2.59. The molecule has 0 atom stereocenters. The summed E-state index contributed by atoms with van der Waals surface area (Å²) in [6.45, 7) is 0. The molecule has 0 spiro atoms. The molecule has 0 bridgehead atoms. The van der Waals surface area contributed by atoms with Gasteiger partial charge in [0, 0.05) is 11.8 Å². The van der Waals surface area contributed by atoms with Gasteiger partial charge in [-0.1, -0.05) is 18.2 Å². The Morgan fingerprint density at radius 2 is 1.86 bits per heavy atom. The van der Waals surface area contributed by atoms with Crippen molar-refractivity contribution in [2.45, 2.75) is 6.36 Å². The Labute approximate surface area is 115 Å². The zero-order valence-corrected chi connectivity index (χ0v) is 10.3. The predicted molar refractivity (Wildman–Crippen MR) is 66.1 cm³/mol.